The van der Waals surface area contributed by atoms with Gasteiger partial charge in [-0.15, -0.1) is 0 Å². The van der Waals surface area contributed by atoms with Crippen molar-refractivity contribution in [2.24, 2.45) is 11.7 Å². The summed E-state index contributed by atoms with van der Waals surface area (Å²) in [6.45, 7) is 0.572. The van der Waals surface area contributed by atoms with Crippen LogP contribution in [0.15, 0.2) is 0 Å². The number of hydrogen-bond donors (Lipinski definition) is 3. The number of imide groups is 1. The van der Waals surface area contributed by atoms with Crippen LogP contribution >= 0.6 is 0 Å². The molecule has 0 radical (unpaired) electrons. The van der Waals surface area contributed by atoms with Crippen LogP contribution in [0.25, 0.3) is 0 Å². The molecular formula is C18H30N4O3. The van der Waals surface area contributed by atoms with Gasteiger partial charge in [-0.25, -0.2) is 4.79 Å². The van der Waals surface area contributed by atoms with Gasteiger partial charge in [0.15, 0.2) is 0 Å². The molecule has 1 heterocycles. The van der Waals surface area contributed by atoms with E-state index >= 15 is 0 Å². The Labute approximate surface area is 149 Å². The van der Waals surface area contributed by atoms with Crippen LogP contribution in [0.5, 0.6) is 0 Å². The first kappa shape index (κ1) is 18.2. The Balaban J connectivity index is 1.50. The van der Waals surface area contributed by atoms with Crippen molar-refractivity contribution in [3.8, 4) is 0 Å². The number of nitrogens with zero attached hydrogens (tertiary/aromatic N) is 1. The van der Waals surface area contributed by atoms with E-state index in [1.54, 1.807) is 0 Å². The summed E-state index contributed by atoms with van der Waals surface area (Å²) in [5.41, 5.74) is 5.15. The number of rotatable bonds is 6. The molecule has 1 unspecified atom stereocenters. The monoisotopic (exact) mass is 350 g/mol. The Morgan fingerprint density at radius 2 is 1.88 bits per heavy atom. The standard InChI is InChI=1S/C18H30N4O3/c19-12-14(13-6-2-1-3-7-13)20-15(23)8-11-22-16(24)18(21-17(22)25)9-4-5-10-18/h13-14H,1-12,19H2,(H,20,23)(H,21,25). The summed E-state index contributed by atoms with van der Waals surface area (Å²) in [7, 11) is 0. The predicted octanol–water partition coefficient (Wildman–Crippen LogP) is 1.26. The van der Waals surface area contributed by atoms with Gasteiger partial charge in [0.2, 0.25) is 5.91 Å². The third-order valence-corrected chi connectivity index (χ3v) is 6.08. The topological polar surface area (TPSA) is 105 Å². The maximum atomic E-state index is 12.6. The van der Waals surface area contributed by atoms with Gasteiger partial charge in [-0.2, -0.15) is 0 Å². The van der Waals surface area contributed by atoms with Gasteiger partial charge in [0.25, 0.3) is 5.91 Å². The molecule has 4 N–H and O–H groups in total. The summed E-state index contributed by atoms with van der Waals surface area (Å²) < 4.78 is 0. The van der Waals surface area contributed by atoms with Gasteiger partial charge in [-0.3, -0.25) is 14.5 Å². The van der Waals surface area contributed by atoms with Gasteiger partial charge < -0.3 is 16.4 Å². The fourth-order valence-corrected chi connectivity index (χ4v) is 4.59. The van der Waals surface area contributed by atoms with E-state index in [-0.39, 0.29) is 36.9 Å². The van der Waals surface area contributed by atoms with E-state index in [2.05, 4.69) is 10.6 Å². The summed E-state index contributed by atoms with van der Waals surface area (Å²) in [5.74, 6) is 0.153. The normalized spacial score (nSPS) is 24.6. The zero-order valence-corrected chi connectivity index (χ0v) is 14.9. The van der Waals surface area contributed by atoms with Gasteiger partial charge in [-0.05, 0) is 31.6 Å². The molecule has 1 atom stereocenters. The number of carbonyl (C=O) groups excluding carboxylic acids is 3. The van der Waals surface area contributed by atoms with Crippen molar-refractivity contribution in [1.29, 1.82) is 0 Å². The first-order valence-electron chi connectivity index (χ1n) is 9.69. The third-order valence-electron chi connectivity index (χ3n) is 6.08. The number of hydrogen-bond acceptors (Lipinski definition) is 4. The smallest absolute Gasteiger partial charge is 0.325 e. The molecule has 0 aromatic heterocycles. The molecule has 3 aliphatic rings. The Kier molecular flexibility index (Phi) is 5.61. The molecule has 1 saturated heterocycles. The SMILES string of the molecule is NCC(NC(=O)CCN1C(=O)NC2(CCCC2)C1=O)C1CCCCC1. The van der Waals surface area contributed by atoms with E-state index in [0.717, 1.165) is 25.7 Å². The fraction of sp³-hybridized carbons (Fsp3) is 0.833. The lowest BCUT2D eigenvalue weighted by Gasteiger charge is -2.30. The highest BCUT2D eigenvalue weighted by Gasteiger charge is 2.52. The Morgan fingerprint density at radius 3 is 2.52 bits per heavy atom. The summed E-state index contributed by atoms with van der Waals surface area (Å²) in [5, 5.41) is 5.86. The average Bonchev–Trinajstić information content (AvgIpc) is 3.18. The Hall–Kier alpha value is -1.63. The second kappa shape index (κ2) is 7.72. The highest BCUT2D eigenvalue weighted by molar-refractivity contribution is 6.07. The molecule has 7 nitrogen and oxygen atoms in total. The number of carbonyl (C=O) groups is 3. The first-order chi connectivity index (χ1) is 12.1. The van der Waals surface area contributed by atoms with E-state index in [1.165, 1.54) is 24.2 Å². The highest BCUT2D eigenvalue weighted by Crippen LogP contribution is 2.35. The van der Waals surface area contributed by atoms with Gasteiger partial charge in [0.05, 0.1) is 0 Å². The molecule has 140 valence electrons. The van der Waals surface area contributed by atoms with E-state index < -0.39 is 5.54 Å². The fourth-order valence-electron chi connectivity index (χ4n) is 4.59. The van der Waals surface area contributed by atoms with Crippen LogP contribution < -0.4 is 16.4 Å². The average molecular weight is 350 g/mol. The molecule has 4 amide bonds. The van der Waals surface area contributed by atoms with Crippen LogP contribution in [0.2, 0.25) is 0 Å². The van der Waals surface area contributed by atoms with E-state index in [0.29, 0.717) is 25.3 Å². The van der Waals surface area contributed by atoms with Crippen LogP contribution in [0.3, 0.4) is 0 Å². The largest absolute Gasteiger partial charge is 0.352 e. The zero-order valence-electron chi connectivity index (χ0n) is 14.9. The van der Waals surface area contributed by atoms with E-state index in [4.69, 9.17) is 5.73 Å². The molecule has 1 spiro atoms. The molecular weight excluding hydrogens is 320 g/mol. The molecule has 25 heavy (non-hydrogen) atoms. The summed E-state index contributed by atoms with van der Waals surface area (Å²) in [6.07, 6.45) is 9.33. The van der Waals surface area contributed by atoms with Gasteiger partial charge in [0.1, 0.15) is 5.54 Å². The number of amides is 4. The molecule has 2 saturated carbocycles. The number of nitrogens with one attached hydrogen (secondary N) is 2. The van der Waals surface area contributed by atoms with E-state index in [9.17, 15) is 14.4 Å². The van der Waals surface area contributed by atoms with E-state index in [1.807, 2.05) is 0 Å². The molecule has 2 aliphatic carbocycles. The zero-order chi connectivity index (χ0) is 17.9. The molecule has 3 fully saturated rings. The second-order valence-electron chi connectivity index (χ2n) is 7.73. The third kappa shape index (κ3) is 3.81. The van der Waals surface area contributed by atoms with Crippen molar-refractivity contribution in [2.45, 2.75) is 75.8 Å². The highest BCUT2D eigenvalue weighted by atomic mass is 16.2. The summed E-state index contributed by atoms with van der Waals surface area (Å²) in [6, 6.07) is -0.362. The lowest BCUT2D eigenvalue weighted by Crippen LogP contribution is -2.47. The van der Waals surface area contributed by atoms with Crippen LogP contribution in [0, 0.1) is 5.92 Å². The predicted molar refractivity (Wildman–Crippen MR) is 93.6 cm³/mol. The minimum Gasteiger partial charge on any atom is -0.352 e. The molecule has 3 rings (SSSR count). The molecule has 0 bridgehead atoms. The maximum Gasteiger partial charge on any atom is 0.325 e. The van der Waals surface area contributed by atoms with Gasteiger partial charge >= 0.3 is 6.03 Å². The quantitative estimate of drug-likeness (QED) is 0.627. The Bertz CT molecular complexity index is 524. The summed E-state index contributed by atoms with van der Waals surface area (Å²) >= 11 is 0. The lowest BCUT2D eigenvalue weighted by molar-refractivity contribution is -0.131. The maximum absolute atomic E-state index is 12.6. The van der Waals surface area contributed by atoms with Crippen LogP contribution in [-0.4, -0.2) is 47.4 Å². The van der Waals surface area contributed by atoms with Crippen LogP contribution in [0.1, 0.15) is 64.2 Å². The Morgan fingerprint density at radius 1 is 1.20 bits per heavy atom. The van der Waals surface area contributed by atoms with Crippen molar-refractivity contribution in [3.05, 3.63) is 0 Å². The van der Waals surface area contributed by atoms with Crippen molar-refractivity contribution in [3.63, 3.8) is 0 Å². The van der Waals surface area contributed by atoms with Crippen LogP contribution in [0.4, 0.5) is 4.79 Å². The summed E-state index contributed by atoms with van der Waals surface area (Å²) in [4.78, 5) is 38.2. The molecule has 1 aliphatic heterocycles. The minimum absolute atomic E-state index is 0.00270. The molecule has 7 heteroatoms. The van der Waals surface area contributed by atoms with Gasteiger partial charge in [0, 0.05) is 25.6 Å². The number of nitrogens with two attached hydrogens (primary N) is 1. The first-order valence-corrected chi connectivity index (χ1v) is 9.69. The van der Waals surface area contributed by atoms with Crippen molar-refractivity contribution >= 4 is 17.8 Å². The number of urea groups is 1. The van der Waals surface area contributed by atoms with Crippen molar-refractivity contribution < 1.29 is 14.4 Å². The van der Waals surface area contributed by atoms with Crippen molar-refractivity contribution in [2.75, 3.05) is 13.1 Å². The van der Waals surface area contributed by atoms with Gasteiger partial charge in [-0.1, -0.05) is 32.1 Å². The molecule has 0 aromatic carbocycles. The minimum atomic E-state index is -0.699. The van der Waals surface area contributed by atoms with Crippen molar-refractivity contribution in [1.82, 2.24) is 15.5 Å². The molecule has 0 aromatic rings. The second-order valence-corrected chi connectivity index (χ2v) is 7.73. The lowest BCUT2D eigenvalue weighted by atomic mass is 9.84. The van der Waals surface area contributed by atoms with Crippen LogP contribution in [-0.2, 0) is 9.59 Å².